The quantitative estimate of drug-likeness (QED) is 0.302. The molecule has 0 atom stereocenters. The van der Waals surface area contributed by atoms with E-state index in [1.165, 1.54) is 0 Å². The first kappa shape index (κ1) is 6.81. The van der Waals surface area contributed by atoms with E-state index in [2.05, 4.69) is 20.4 Å². The van der Waals surface area contributed by atoms with Crippen molar-refractivity contribution >= 4 is 31.2 Å². The summed E-state index contributed by atoms with van der Waals surface area (Å²) in [7, 11) is -2.48. The Kier molecular flexibility index (Phi) is 2.82. The molecule has 1 N–H and O–H groups in total. The Morgan fingerprint density at radius 2 is 2.14 bits per heavy atom. The number of hydrogen-bond acceptors (Lipinski definition) is 3. The summed E-state index contributed by atoms with van der Waals surface area (Å²) in [4.78, 5) is 0. The van der Waals surface area contributed by atoms with Gasteiger partial charge in [-0.2, -0.15) is 0 Å². The molecule has 0 saturated heterocycles. The number of nitrogens with one attached hydrogen (secondary N) is 1. The van der Waals surface area contributed by atoms with Gasteiger partial charge in [0.25, 0.3) is 0 Å². The third-order valence-corrected chi connectivity index (χ3v) is 0.941. The molecule has 1 radical (unpaired) electrons. The molecule has 0 aliphatic carbocycles. The first-order valence-electron chi connectivity index (χ1n) is 1.19. The second-order valence-corrected chi connectivity index (χ2v) is 2.04. The first-order chi connectivity index (χ1) is 3.13. The van der Waals surface area contributed by atoms with E-state index in [0.717, 1.165) is 0 Å². The molecule has 0 aromatic rings. The maximum atomic E-state index is 9.48. The molecule has 0 aromatic heterocycles. The van der Waals surface area contributed by atoms with Crippen LogP contribution in [0.15, 0.2) is 4.36 Å². The minimum atomic E-state index is -2.48. The van der Waals surface area contributed by atoms with Gasteiger partial charge in [-0.15, -0.1) is 0 Å². The van der Waals surface area contributed by atoms with Crippen molar-refractivity contribution in [2.75, 3.05) is 0 Å². The molecule has 0 bridgehead atoms. The van der Waals surface area contributed by atoms with Gasteiger partial charge in [0.15, 0.2) is 0 Å². The SMILES string of the molecule is N=C([Se])N=S(=O)=O. The van der Waals surface area contributed by atoms with Crippen LogP contribution in [0.4, 0.5) is 0 Å². The van der Waals surface area contributed by atoms with Crippen LogP contribution in [0.5, 0.6) is 0 Å². The van der Waals surface area contributed by atoms with Crippen LogP contribution in [0.2, 0.25) is 0 Å². The molecule has 7 heavy (non-hydrogen) atoms. The molecule has 0 saturated carbocycles. The Hall–Kier alpha value is -0.191. The molecule has 0 aliphatic rings. The van der Waals surface area contributed by atoms with Gasteiger partial charge in [-0.05, 0) is 0 Å². The van der Waals surface area contributed by atoms with E-state index < -0.39 is 10.5 Å². The summed E-state index contributed by atoms with van der Waals surface area (Å²) >= 11 is 2.09. The van der Waals surface area contributed by atoms with E-state index in [9.17, 15) is 8.42 Å². The van der Waals surface area contributed by atoms with Gasteiger partial charge in [-0.25, -0.2) is 0 Å². The van der Waals surface area contributed by atoms with Gasteiger partial charge in [0.1, 0.15) is 0 Å². The van der Waals surface area contributed by atoms with Crippen LogP contribution < -0.4 is 0 Å². The Morgan fingerprint density at radius 3 is 2.14 bits per heavy atom. The number of rotatable bonds is 0. The molecular formula is CHN2O2SSe. The number of amidine groups is 1. The molecule has 39 valence electrons. The van der Waals surface area contributed by atoms with Gasteiger partial charge >= 0.3 is 49.4 Å². The second-order valence-electron chi connectivity index (χ2n) is 0.614. The van der Waals surface area contributed by atoms with Gasteiger partial charge in [-0.3, -0.25) is 0 Å². The van der Waals surface area contributed by atoms with Crippen molar-refractivity contribution in [3.63, 3.8) is 0 Å². The topological polar surface area (TPSA) is 70.3 Å². The molecule has 0 fully saturated rings. The number of hydrogen-bond donors (Lipinski definition) is 1. The van der Waals surface area contributed by atoms with Gasteiger partial charge in [-0.1, -0.05) is 0 Å². The molecule has 0 aromatic carbocycles. The van der Waals surface area contributed by atoms with E-state index in [1.54, 1.807) is 0 Å². The van der Waals surface area contributed by atoms with Gasteiger partial charge in [0.05, 0.1) is 0 Å². The van der Waals surface area contributed by atoms with Crippen molar-refractivity contribution in [2.45, 2.75) is 0 Å². The normalized spacial score (nSPS) is 7.43. The zero-order valence-corrected chi connectivity index (χ0v) is 5.61. The molecule has 0 aliphatic heterocycles. The monoisotopic (exact) mass is 185 g/mol. The molecule has 6 heteroatoms. The summed E-state index contributed by atoms with van der Waals surface area (Å²) in [6.07, 6.45) is 0. The van der Waals surface area contributed by atoms with Crippen molar-refractivity contribution in [1.29, 1.82) is 5.41 Å². The van der Waals surface area contributed by atoms with Crippen molar-refractivity contribution in [3.05, 3.63) is 0 Å². The summed E-state index contributed by atoms with van der Waals surface area (Å²) in [6, 6.07) is 0. The van der Waals surface area contributed by atoms with Crippen LogP contribution in [-0.2, 0) is 10.5 Å². The standard InChI is InChI=1S/CHN2O2SSe/c2-1(7)3-6(4)5/h2H. The third kappa shape index (κ3) is 5.81. The van der Waals surface area contributed by atoms with Crippen LogP contribution in [0.3, 0.4) is 0 Å². The summed E-state index contributed by atoms with van der Waals surface area (Å²) in [5.41, 5.74) is 0. The summed E-state index contributed by atoms with van der Waals surface area (Å²) in [5, 5.41) is 6.41. The predicted molar refractivity (Wildman–Crippen MR) is 24.8 cm³/mol. The van der Waals surface area contributed by atoms with Crippen LogP contribution in [0.25, 0.3) is 0 Å². The molecule has 0 heterocycles. The summed E-state index contributed by atoms with van der Waals surface area (Å²) in [5.74, 6) is 0. The Morgan fingerprint density at radius 1 is 1.71 bits per heavy atom. The Labute approximate surface area is 50.0 Å². The molecule has 0 amide bonds. The average molecular weight is 184 g/mol. The fraction of sp³-hybridized carbons (Fsp3) is 0. The fourth-order valence-corrected chi connectivity index (χ4v) is 0.586. The summed E-state index contributed by atoms with van der Waals surface area (Å²) < 4.78 is 21.4. The van der Waals surface area contributed by atoms with Crippen LogP contribution in [0, 0.1) is 5.41 Å². The molecule has 0 unspecified atom stereocenters. The van der Waals surface area contributed by atoms with Gasteiger partial charge < -0.3 is 0 Å². The zero-order chi connectivity index (χ0) is 5.86. The van der Waals surface area contributed by atoms with E-state index in [-0.39, 0.29) is 4.73 Å². The molecular weight excluding hydrogens is 183 g/mol. The first-order valence-corrected chi connectivity index (χ1v) is 3.08. The maximum absolute atomic E-state index is 9.48. The zero-order valence-electron chi connectivity index (χ0n) is 3.08. The third-order valence-electron chi connectivity index (χ3n) is 0.157. The van der Waals surface area contributed by atoms with Crippen molar-refractivity contribution in [2.24, 2.45) is 4.36 Å². The predicted octanol–water partition coefficient (Wildman–Crippen LogP) is -0.848. The minimum absolute atomic E-state index is 0.326. The van der Waals surface area contributed by atoms with E-state index >= 15 is 0 Å². The van der Waals surface area contributed by atoms with E-state index in [1.807, 2.05) is 0 Å². The van der Waals surface area contributed by atoms with E-state index in [4.69, 9.17) is 5.41 Å². The van der Waals surface area contributed by atoms with Gasteiger partial charge in [0.2, 0.25) is 0 Å². The number of nitrogens with zero attached hydrogens (tertiary/aromatic N) is 1. The van der Waals surface area contributed by atoms with Gasteiger partial charge in [0, 0.05) is 0 Å². The molecule has 0 rings (SSSR count). The van der Waals surface area contributed by atoms with Crippen molar-refractivity contribution in [1.82, 2.24) is 0 Å². The molecule has 0 spiro atoms. The van der Waals surface area contributed by atoms with Crippen molar-refractivity contribution in [3.8, 4) is 0 Å². The van der Waals surface area contributed by atoms with Crippen LogP contribution >= 0.6 is 0 Å². The van der Waals surface area contributed by atoms with Crippen LogP contribution in [0.1, 0.15) is 0 Å². The Balaban J connectivity index is 4.26. The summed E-state index contributed by atoms with van der Waals surface area (Å²) in [6.45, 7) is 0. The van der Waals surface area contributed by atoms with E-state index in [0.29, 0.717) is 0 Å². The average Bonchev–Trinajstić information content (AvgIpc) is 1.27. The fourth-order valence-electron chi connectivity index (χ4n) is 0.0677. The Bertz CT molecular complexity index is 184. The van der Waals surface area contributed by atoms with Crippen molar-refractivity contribution < 1.29 is 8.42 Å². The van der Waals surface area contributed by atoms with Crippen LogP contribution in [-0.4, -0.2) is 29.2 Å². The molecule has 4 nitrogen and oxygen atoms in total. The second kappa shape index (κ2) is 2.90.